The van der Waals surface area contributed by atoms with Gasteiger partial charge in [-0.1, -0.05) is 58.1 Å². The third-order valence-electron chi connectivity index (χ3n) is 3.12. The Morgan fingerprint density at radius 1 is 0.950 bits per heavy atom. The first-order valence-corrected chi connectivity index (χ1v) is 7.70. The predicted molar refractivity (Wildman–Crippen MR) is 81.2 cm³/mol. The van der Waals surface area contributed by atoms with Crippen molar-refractivity contribution in [2.75, 3.05) is 6.61 Å². The van der Waals surface area contributed by atoms with Crippen LogP contribution in [-0.2, 0) is 4.79 Å². The van der Waals surface area contributed by atoms with Gasteiger partial charge < -0.3 is 9.47 Å². The molecule has 1 aromatic rings. The summed E-state index contributed by atoms with van der Waals surface area (Å²) in [6.07, 6.45) is 7.76. The number of para-hydroxylation sites is 2. The molecule has 20 heavy (non-hydrogen) atoms. The molecule has 1 rings (SSSR count). The van der Waals surface area contributed by atoms with Crippen LogP contribution in [0.25, 0.3) is 0 Å². The summed E-state index contributed by atoms with van der Waals surface area (Å²) < 4.78 is 11.0. The van der Waals surface area contributed by atoms with E-state index in [2.05, 4.69) is 6.92 Å². The zero-order valence-electron chi connectivity index (χ0n) is 12.7. The molecule has 1 aromatic carbocycles. The van der Waals surface area contributed by atoms with Gasteiger partial charge in [0.2, 0.25) is 0 Å². The lowest BCUT2D eigenvalue weighted by atomic mass is 10.1. The number of unbranched alkanes of at least 4 members (excludes halogenated alkanes) is 5. The van der Waals surface area contributed by atoms with Crippen molar-refractivity contribution < 1.29 is 14.3 Å². The first-order chi connectivity index (χ1) is 9.77. The molecule has 0 aliphatic rings. The maximum absolute atomic E-state index is 11.3. The number of hydrogen-bond acceptors (Lipinski definition) is 3. The third-order valence-corrected chi connectivity index (χ3v) is 3.12. The zero-order valence-corrected chi connectivity index (χ0v) is 12.7. The Labute approximate surface area is 122 Å². The molecule has 0 heterocycles. The second-order valence-corrected chi connectivity index (χ2v) is 4.89. The van der Waals surface area contributed by atoms with Crippen LogP contribution in [0.15, 0.2) is 24.3 Å². The highest BCUT2D eigenvalue weighted by atomic mass is 16.6. The third kappa shape index (κ3) is 6.60. The van der Waals surface area contributed by atoms with Crippen molar-refractivity contribution in [3.63, 3.8) is 0 Å². The highest BCUT2D eigenvalue weighted by Crippen LogP contribution is 2.27. The summed E-state index contributed by atoms with van der Waals surface area (Å²) in [5, 5.41) is 0. The van der Waals surface area contributed by atoms with E-state index in [4.69, 9.17) is 9.47 Å². The maximum Gasteiger partial charge on any atom is 0.311 e. The van der Waals surface area contributed by atoms with Gasteiger partial charge in [-0.3, -0.25) is 4.79 Å². The number of esters is 1. The summed E-state index contributed by atoms with van der Waals surface area (Å²) in [7, 11) is 0. The highest BCUT2D eigenvalue weighted by Gasteiger charge is 2.07. The molecule has 0 aliphatic carbocycles. The van der Waals surface area contributed by atoms with Gasteiger partial charge in [0.05, 0.1) is 6.61 Å². The van der Waals surface area contributed by atoms with E-state index in [0.29, 0.717) is 24.5 Å². The number of ether oxygens (including phenoxy) is 2. The van der Waals surface area contributed by atoms with E-state index in [1.54, 1.807) is 13.0 Å². The van der Waals surface area contributed by atoms with Crippen LogP contribution in [0.1, 0.15) is 58.8 Å². The lowest BCUT2D eigenvalue weighted by Crippen LogP contribution is -2.07. The quantitative estimate of drug-likeness (QED) is 0.352. The van der Waals surface area contributed by atoms with Crippen LogP contribution in [0.2, 0.25) is 0 Å². The predicted octanol–water partition coefficient (Wildman–Crippen LogP) is 4.74. The van der Waals surface area contributed by atoms with Gasteiger partial charge >= 0.3 is 5.97 Å². The topological polar surface area (TPSA) is 35.5 Å². The first-order valence-electron chi connectivity index (χ1n) is 7.70. The van der Waals surface area contributed by atoms with Crippen LogP contribution >= 0.6 is 0 Å². The van der Waals surface area contributed by atoms with Gasteiger partial charge in [0.15, 0.2) is 11.5 Å². The van der Waals surface area contributed by atoms with Crippen molar-refractivity contribution in [3.05, 3.63) is 24.3 Å². The fourth-order valence-electron chi connectivity index (χ4n) is 1.91. The van der Waals surface area contributed by atoms with Crippen molar-refractivity contribution in [1.82, 2.24) is 0 Å². The van der Waals surface area contributed by atoms with E-state index < -0.39 is 0 Å². The summed E-state index contributed by atoms with van der Waals surface area (Å²) >= 11 is 0. The monoisotopic (exact) mass is 278 g/mol. The Balaban J connectivity index is 2.30. The minimum Gasteiger partial charge on any atom is -0.490 e. The molecule has 0 amide bonds. The molecule has 0 bridgehead atoms. The Morgan fingerprint density at radius 3 is 2.30 bits per heavy atom. The molecule has 0 saturated heterocycles. The van der Waals surface area contributed by atoms with Crippen molar-refractivity contribution >= 4 is 5.97 Å². The summed E-state index contributed by atoms with van der Waals surface area (Å²) in [5.74, 6) is 0.939. The molecule has 3 nitrogen and oxygen atoms in total. The average Bonchev–Trinajstić information content (AvgIpc) is 2.47. The number of carbonyl (C=O) groups is 1. The van der Waals surface area contributed by atoms with Gasteiger partial charge in [0.1, 0.15) is 0 Å². The second-order valence-electron chi connectivity index (χ2n) is 4.89. The van der Waals surface area contributed by atoms with E-state index in [0.717, 1.165) is 6.42 Å². The summed E-state index contributed by atoms with van der Waals surface area (Å²) in [6.45, 7) is 4.67. The number of carbonyl (C=O) groups excluding carboxylic acids is 1. The normalized spacial score (nSPS) is 10.3. The van der Waals surface area contributed by atoms with Crippen LogP contribution < -0.4 is 9.47 Å². The molecule has 0 atom stereocenters. The lowest BCUT2D eigenvalue weighted by molar-refractivity contribution is -0.134. The average molecular weight is 278 g/mol. The molecule has 0 aliphatic heterocycles. The van der Waals surface area contributed by atoms with Crippen LogP contribution in [0.3, 0.4) is 0 Å². The van der Waals surface area contributed by atoms with E-state index in [1.165, 1.54) is 32.1 Å². The molecule has 0 saturated carbocycles. The fourth-order valence-corrected chi connectivity index (χ4v) is 1.91. The zero-order chi connectivity index (χ0) is 14.6. The number of rotatable bonds is 10. The minimum atomic E-state index is -0.236. The van der Waals surface area contributed by atoms with Gasteiger partial charge in [-0.05, 0) is 18.6 Å². The number of benzene rings is 1. The number of hydrogen-bond donors (Lipinski definition) is 0. The molecule has 0 spiro atoms. The van der Waals surface area contributed by atoms with Gasteiger partial charge in [-0.2, -0.15) is 0 Å². The molecular weight excluding hydrogens is 252 g/mol. The van der Waals surface area contributed by atoms with Crippen LogP contribution in [0, 0.1) is 0 Å². The molecule has 0 aromatic heterocycles. The van der Waals surface area contributed by atoms with Gasteiger partial charge in [-0.25, -0.2) is 0 Å². The SMILES string of the molecule is CCCCCCCCOc1ccccc1OC(=O)CC. The Morgan fingerprint density at radius 2 is 1.60 bits per heavy atom. The van der Waals surface area contributed by atoms with Gasteiger partial charge in [0.25, 0.3) is 0 Å². The Kier molecular flexibility index (Phi) is 8.52. The summed E-state index contributed by atoms with van der Waals surface area (Å²) in [5.41, 5.74) is 0. The van der Waals surface area contributed by atoms with Crippen molar-refractivity contribution in [3.8, 4) is 11.5 Å². The fraction of sp³-hybridized carbons (Fsp3) is 0.588. The lowest BCUT2D eigenvalue weighted by Gasteiger charge is -2.11. The Bertz CT molecular complexity index is 388. The van der Waals surface area contributed by atoms with E-state index in [1.807, 2.05) is 18.2 Å². The van der Waals surface area contributed by atoms with Crippen molar-refractivity contribution in [1.29, 1.82) is 0 Å². The molecule has 112 valence electrons. The Hall–Kier alpha value is -1.51. The van der Waals surface area contributed by atoms with Crippen molar-refractivity contribution in [2.24, 2.45) is 0 Å². The molecule has 0 radical (unpaired) electrons. The van der Waals surface area contributed by atoms with E-state index in [-0.39, 0.29) is 5.97 Å². The highest BCUT2D eigenvalue weighted by molar-refractivity contribution is 5.72. The molecule has 3 heteroatoms. The smallest absolute Gasteiger partial charge is 0.311 e. The van der Waals surface area contributed by atoms with Crippen LogP contribution in [0.5, 0.6) is 11.5 Å². The minimum absolute atomic E-state index is 0.236. The maximum atomic E-state index is 11.3. The summed E-state index contributed by atoms with van der Waals surface area (Å²) in [6, 6.07) is 7.34. The molecular formula is C17H26O3. The van der Waals surface area contributed by atoms with E-state index >= 15 is 0 Å². The first kappa shape index (κ1) is 16.5. The molecule has 0 unspecified atom stereocenters. The van der Waals surface area contributed by atoms with Crippen molar-refractivity contribution in [2.45, 2.75) is 58.8 Å². The van der Waals surface area contributed by atoms with Gasteiger partial charge in [-0.15, -0.1) is 0 Å². The largest absolute Gasteiger partial charge is 0.490 e. The van der Waals surface area contributed by atoms with Gasteiger partial charge in [0, 0.05) is 6.42 Å². The van der Waals surface area contributed by atoms with Crippen LogP contribution in [0.4, 0.5) is 0 Å². The molecule has 0 N–H and O–H groups in total. The van der Waals surface area contributed by atoms with Crippen LogP contribution in [-0.4, -0.2) is 12.6 Å². The standard InChI is InChI=1S/C17H26O3/c1-3-5-6-7-8-11-14-19-15-12-9-10-13-16(15)20-17(18)4-2/h9-10,12-13H,3-8,11,14H2,1-2H3. The second kappa shape index (κ2) is 10.3. The molecule has 0 fully saturated rings. The van der Waals surface area contributed by atoms with E-state index in [9.17, 15) is 4.79 Å². The summed E-state index contributed by atoms with van der Waals surface area (Å²) in [4.78, 5) is 11.3.